The van der Waals surface area contributed by atoms with Gasteiger partial charge in [0.05, 0.1) is 10.2 Å². The third kappa shape index (κ3) is 5.77. The fourth-order valence-electron chi connectivity index (χ4n) is 3.06. The minimum absolute atomic E-state index is 0.976. The summed E-state index contributed by atoms with van der Waals surface area (Å²) in [6, 6.07) is 6.48. The van der Waals surface area contributed by atoms with Crippen molar-refractivity contribution in [3.8, 4) is 0 Å². The molecule has 0 radical (unpaired) electrons. The summed E-state index contributed by atoms with van der Waals surface area (Å²) < 4.78 is 3.86. The van der Waals surface area contributed by atoms with Crippen LogP contribution in [0.15, 0.2) is 52.2 Å². The van der Waals surface area contributed by atoms with Gasteiger partial charge in [-0.2, -0.15) is 0 Å². The molecule has 0 unspecified atom stereocenters. The summed E-state index contributed by atoms with van der Waals surface area (Å²) in [5.74, 6) is 0. The Morgan fingerprint density at radius 3 is 2.78 bits per heavy atom. The highest BCUT2D eigenvalue weighted by Crippen LogP contribution is 2.30. The number of rotatable bonds is 7. The van der Waals surface area contributed by atoms with Gasteiger partial charge in [-0.3, -0.25) is 4.90 Å². The molecule has 0 bridgehead atoms. The van der Waals surface area contributed by atoms with Crippen molar-refractivity contribution in [3.63, 3.8) is 0 Å². The first-order valence-corrected chi connectivity index (χ1v) is 12.3. The molecule has 1 saturated heterocycles. The summed E-state index contributed by atoms with van der Waals surface area (Å²) in [4.78, 5) is 9.79. The van der Waals surface area contributed by atoms with Gasteiger partial charge in [0.1, 0.15) is 0 Å². The van der Waals surface area contributed by atoms with Crippen LogP contribution in [0, 0.1) is 3.57 Å². The zero-order valence-corrected chi connectivity index (χ0v) is 20.8. The van der Waals surface area contributed by atoms with Crippen LogP contribution < -0.4 is 4.90 Å². The van der Waals surface area contributed by atoms with E-state index in [1.165, 1.54) is 23.8 Å². The molecular weight excluding hydrogens is 580 g/mol. The summed E-state index contributed by atoms with van der Waals surface area (Å²) in [6.07, 6.45) is 8.84. The van der Waals surface area contributed by atoms with Crippen LogP contribution in [0.5, 0.6) is 0 Å². The van der Waals surface area contributed by atoms with E-state index in [4.69, 9.17) is 4.98 Å². The minimum Gasteiger partial charge on any atom is -0.345 e. The fraction of sp³-hybridized carbons (Fsp3) is 0.381. The lowest BCUT2D eigenvalue weighted by atomic mass is 10.2. The number of piperazine rings is 1. The van der Waals surface area contributed by atoms with E-state index in [1.807, 2.05) is 17.4 Å². The van der Waals surface area contributed by atoms with Crippen LogP contribution in [0.2, 0.25) is 0 Å². The number of nitrogens with zero attached hydrogens (tertiary/aromatic N) is 3. The third-order valence-corrected chi connectivity index (χ3v) is 7.45. The largest absolute Gasteiger partial charge is 0.345 e. The maximum Gasteiger partial charge on any atom is 0.186 e. The summed E-state index contributed by atoms with van der Waals surface area (Å²) in [6.45, 7) is 11.4. The maximum atomic E-state index is 4.84. The molecule has 3 nitrogen and oxygen atoms in total. The van der Waals surface area contributed by atoms with E-state index < -0.39 is 0 Å². The number of benzene rings is 1. The first-order chi connectivity index (χ1) is 13.1. The first kappa shape index (κ1) is 21.3. The van der Waals surface area contributed by atoms with Crippen molar-refractivity contribution < 1.29 is 0 Å². The second-order valence-corrected chi connectivity index (χ2v) is 10.1. The van der Waals surface area contributed by atoms with E-state index in [-0.39, 0.29) is 0 Å². The average Bonchev–Trinajstić information content (AvgIpc) is 3.09. The molecular formula is C21H25I2N3S. The van der Waals surface area contributed by atoms with E-state index in [0.717, 1.165) is 49.8 Å². The Morgan fingerprint density at radius 2 is 2.07 bits per heavy atom. The Balaban J connectivity index is 1.60. The Hall–Kier alpha value is -0.450. The number of halogens is 2. The highest BCUT2D eigenvalue weighted by molar-refractivity contribution is 14.1. The Bertz CT molecular complexity index is 848. The molecule has 0 aliphatic carbocycles. The number of unbranched alkanes of at least 4 members (excludes halogenated alkanes) is 1. The van der Waals surface area contributed by atoms with Crippen molar-refractivity contribution >= 4 is 71.9 Å². The molecule has 3 rings (SSSR count). The Labute approximate surface area is 193 Å². The van der Waals surface area contributed by atoms with E-state index in [2.05, 4.69) is 98.8 Å². The molecule has 1 aliphatic heterocycles. The van der Waals surface area contributed by atoms with Gasteiger partial charge in [0.2, 0.25) is 0 Å². The highest BCUT2D eigenvalue weighted by atomic mass is 127. The number of allylic oxidation sites excluding steroid dienone is 3. The first-order valence-electron chi connectivity index (χ1n) is 9.31. The van der Waals surface area contributed by atoms with Crippen molar-refractivity contribution in [2.45, 2.75) is 19.8 Å². The molecule has 2 heterocycles. The van der Waals surface area contributed by atoms with Gasteiger partial charge in [-0.15, -0.1) is 0 Å². The molecule has 1 aliphatic rings. The zero-order valence-electron chi connectivity index (χ0n) is 15.6. The van der Waals surface area contributed by atoms with Gasteiger partial charge in [-0.25, -0.2) is 4.98 Å². The molecule has 0 saturated carbocycles. The second-order valence-electron chi connectivity index (χ2n) is 6.64. The second kappa shape index (κ2) is 10.4. The van der Waals surface area contributed by atoms with Crippen molar-refractivity contribution in [2.24, 2.45) is 0 Å². The van der Waals surface area contributed by atoms with Gasteiger partial charge >= 0.3 is 0 Å². The molecule has 0 amide bonds. The highest BCUT2D eigenvalue weighted by Gasteiger charge is 2.20. The smallest absolute Gasteiger partial charge is 0.186 e. The Kier molecular flexibility index (Phi) is 8.16. The Morgan fingerprint density at radius 1 is 1.30 bits per heavy atom. The third-order valence-electron chi connectivity index (χ3n) is 4.65. The van der Waals surface area contributed by atoms with Gasteiger partial charge in [0, 0.05) is 39.9 Å². The fourth-order valence-corrected chi connectivity index (χ4v) is 5.46. The number of aromatic nitrogens is 1. The van der Waals surface area contributed by atoms with Crippen LogP contribution in [-0.4, -0.2) is 42.6 Å². The summed E-state index contributed by atoms with van der Waals surface area (Å²) in [5.41, 5.74) is 2.44. The van der Waals surface area contributed by atoms with Gasteiger partial charge in [0.15, 0.2) is 5.13 Å². The maximum absolute atomic E-state index is 4.84. The van der Waals surface area contributed by atoms with Crippen molar-refractivity contribution in [3.05, 3.63) is 55.7 Å². The molecule has 1 aromatic carbocycles. The van der Waals surface area contributed by atoms with Crippen LogP contribution in [0.4, 0.5) is 5.13 Å². The van der Waals surface area contributed by atoms with Gasteiger partial charge in [-0.05, 0) is 75.4 Å². The molecule has 144 valence electrons. The topological polar surface area (TPSA) is 19.4 Å². The SMILES string of the molecule is C=C/C(CN1CCN(c2nc3ccc(I)cc3s2)CC1)=C(I)\C=C/CCC. The van der Waals surface area contributed by atoms with Gasteiger partial charge in [-0.1, -0.05) is 49.5 Å². The molecule has 0 spiro atoms. The van der Waals surface area contributed by atoms with Crippen LogP contribution in [0.25, 0.3) is 10.2 Å². The van der Waals surface area contributed by atoms with Crippen LogP contribution in [0.1, 0.15) is 19.8 Å². The monoisotopic (exact) mass is 605 g/mol. The van der Waals surface area contributed by atoms with Crippen molar-refractivity contribution in [2.75, 3.05) is 37.6 Å². The van der Waals surface area contributed by atoms with E-state index in [0.29, 0.717) is 0 Å². The number of hydrogen-bond donors (Lipinski definition) is 0. The normalized spacial score (nSPS) is 16.9. The lowest BCUT2D eigenvalue weighted by molar-refractivity contribution is 0.280. The summed E-state index contributed by atoms with van der Waals surface area (Å²) >= 11 is 6.61. The molecule has 2 aromatic rings. The number of anilines is 1. The minimum atomic E-state index is 0.976. The molecule has 0 atom stereocenters. The predicted octanol–water partition coefficient (Wildman–Crippen LogP) is 6.25. The predicted molar refractivity (Wildman–Crippen MR) is 136 cm³/mol. The van der Waals surface area contributed by atoms with E-state index in [9.17, 15) is 0 Å². The van der Waals surface area contributed by atoms with Crippen LogP contribution in [0.3, 0.4) is 0 Å². The van der Waals surface area contributed by atoms with Crippen molar-refractivity contribution in [1.82, 2.24) is 9.88 Å². The van der Waals surface area contributed by atoms with Gasteiger partial charge < -0.3 is 4.90 Å². The zero-order chi connectivity index (χ0) is 19.2. The van der Waals surface area contributed by atoms with Crippen LogP contribution in [-0.2, 0) is 0 Å². The lowest BCUT2D eigenvalue weighted by Crippen LogP contribution is -2.46. The molecule has 6 heteroatoms. The molecule has 1 aromatic heterocycles. The average molecular weight is 605 g/mol. The standard InChI is InChI=1S/C21H25I2N3S/c1-3-5-6-7-18(23)16(4-2)15-25-10-12-26(13-11-25)21-24-19-9-8-17(22)14-20(19)27-21/h4,6-9,14H,2-3,5,10-13,15H2,1H3/b7-6-,18-16-. The van der Waals surface area contributed by atoms with E-state index in [1.54, 1.807) is 0 Å². The lowest BCUT2D eigenvalue weighted by Gasteiger charge is -2.34. The number of hydrogen-bond acceptors (Lipinski definition) is 4. The quantitative estimate of drug-likeness (QED) is 0.275. The molecule has 0 N–H and O–H groups in total. The van der Waals surface area contributed by atoms with Crippen LogP contribution >= 0.6 is 56.5 Å². The number of thiazole rings is 1. The number of fused-ring (bicyclic) bond motifs is 1. The summed E-state index contributed by atoms with van der Waals surface area (Å²) in [7, 11) is 0. The molecule has 1 fully saturated rings. The molecule has 27 heavy (non-hydrogen) atoms. The van der Waals surface area contributed by atoms with Gasteiger partial charge in [0.25, 0.3) is 0 Å². The summed E-state index contributed by atoms with van der Waals surface area (Å²) in [5, 5.41) is 1.16. The van der Waals surface area contributed by atoms with Crippen molar-refractivity contribution in [1.29, 1.82) is 0 Å². The van der Waals surface area contributed by atoms with E-state index >= 15 is 0 Å².